The molecule has 1 rings (SSSR count). The number of amides is 2. The molecule has 5 nitrogen and oxygen atoms in total. The van der Waals surface area contributed by atoms with Crippen LogP contribution in [-0.4, -0.2) is 29.8 Å². The van der Waals surface area contributed by atoms with Gasteiger partial charge >= 0.3 is 0 Å². The molecule has 92 valence electrons. The third-order valence-electron chi connectivity index (χ3n) is 2.30. The van der Waals surface area contributed by atoms with Crippen LogP contribution in [0.3, 0.4) is 0 Å². The minimum Gasteiger partial charge on any atom is -0.397 e. The number of rotatable bonds is 4. The number of nitrogens with zero attached hydrogens (tertiary/aromatic N) is 1. The summed E-state index contributed by atoms with van der Waals surface area (Å²) in [5.74, 6) is -0.924. The van der Waals surface area contributed by atoms with E-state index in [1.54, 1.807) is 25.1 Å². The molecule has 0 heterocycles. The molecule has 2 amide bonds. The summed E-state index contributed by atoms with van der Waals surface area (Å²) >= 11 is 5.82. The highest BCUT2D eigenvalue weighted by Gasteiger charge is 2.19. The van der Waals surface area contributed by atoms with Crippen LogP contribution in [0, 0.1) is 0 Å². The van der Waals surface area contributed by atoms with Gasteiger partial charge in [-0.25, -0.2) is 0 Å². The fourth-order valence-corrected chi connectivity index (χ4v) is 1.58. The number of anilines is 1. The smallest absolute Gasteiger partial charge is 0.256 e. The second kappa shape index (κ2) is 5.54. The first kappa shape index (κ1) is 13.3. The van der Waals surface area contributed by atoms with Gasteiger partial charge in [0.15, 0.2) is 0 Å². The maximum atomic E-state index is 12.1. The minimum atomic E-state index is -0.569. The van der Waals surface area contributed by atoms with Crippen molar-refractivity contribution >= 4 is 29.1 Å². The van der Waals surface area contributed by atoms with Gasteiger partial charge < -0.3 is 16.4 Å². The first-order valence-electron chi connectivity index (χ1n) is 5.09. The number of hydrogen-bond donors (Lipinski definition) is 2. The van der Waals surface area contributed by atoms with Crippen LogP contribution < -0.4 is 11.5 Å². The predicted octanol–water partition coefficient (Wildman–Crippen LogP) is 0.870. The molecule has 1 aromatic carbocycles. The summed E-state index contributed by atoms with van der Waals surface area (Å²) < 4.78 is 0. The van der Waals surface area contributed by atoms with Crippen LogP contribution in [0.15, 0.2) is 18.2 Å². The van der Waals surface area contributed by atoms with E-state index in [2.05, 4.69) is 0 Å². The topological polar surface area (TPSA) is 89.4 Å². The third-order valence-corrected chi connectivity index (χ3v) is 2.63. The van der Waals surface area contributed by atoms with Crippen molar-refractivity contribution in [1.82, 2.24) is 4.90 Å². The maximum absolute atomic E-state index is 12.1. The zero-order chi connectivity index (χ0) is 13.0. The molecule has 6 heteroatoms. The molecule has 0 unspecified atom stereocenters. The molecule has 0 saturated carbocycles. The SMILES string of the molecule is CCN(CC(N)=O)C(=O)c1cccc(Cl)c1N. The summed E-state index contributed by atoms with van der Waals surface area (Å²) in [6.45, 7) is 1.98. The summed E-state index contributed by atoms with van der Waals surface area (Å²) in [6, 6.07) is 4.79. The number of nitrogen functional groups attached to an aromatic ring is 1. The van der Waals surface area contributed by atoms with E-state index in [1.165, 1.54) is 4.90 Å². The quantitative estimate of drug-likeness (QED) is 0.783. The van der Waals surface area contributed by atoms with E-state index in [-0.39, 0.29) is 23.7 Å². The molecule has 0 aliphatic heterocycles. The van der Waals surface area contributed by atoms with Gasteiger partial charge in [0.25, 0.3) is 5.91 Å². The van der Waals surface area contributed by atoms with E-state index in [1.807, 2.05) is 0 Å². The largest absolute Gasteiger partial charge is 0.397 e. The van der Waals surface area contributed by atoms with E-state index in [9.17, 15) is 9.59 Å². The Morgan fingerprint density at radius 1 is 1.41 bits per heavy atom. The lowest BCUT2D eigenvalue weighted by atomic mass is 10.1. The van der Waals surface area contributed by atoms with Crippen molar-refractivity contribution < 1.29 is 9.59 Å². The second-order valence-electron chi connectivity index (χ2n) is 3.49. The Morgan fingerprint density at radius 3 is 2.59 bits per heavy atom. The molecular weight excluding hydrogens is 242 g/mol. The van der Waals surface area contributed by atoms with E-state index in [0.717, 1.165) is 0 Å². The molecule has 0 aliphatic rings. The third kappa shape index (κ3) is 3.10. The molecule has 4 N–H and O–H groups in total. The van der Waals surface area contributed by atoms with Gasteiger partial charge in [-0.1, -0.05) is 17.7 Å². The van der Waals surface area contributed by atoms with Crippen molar-refractivity contribution in [3.8, 4) is 0 Å². The average molecular weight is 256 g/mol. The van der Waals surface area contributed by atoms with Crippen molar-refractivity contribution in [2.45, 2.75) is 6.92 Å². The Bertz CT molecular complexity index is 448. The van der Waals surface area contributed by atoms with E-state index >= 15 is 0 Å². The number of para-hydroxylation sites is 1. The summed E-state index contributed by atoms with van der Waals surface area (Å²) in [6.07, 6.45) is 0. The van der Waals surface area contributed by atoms with E-state index in [0.29, 0.717) is 11.6 Å². The Morgan fingerprint density at radius 2 is 2.06 bits per heavy atom. The monoisotopic (exact) mass is 255 g/mol. The van der Waals surface area contributed by atoms with Gasteiger partial charge in [-0.05, 0) is 19.1 Å². The van der Waals surface area contributed by atoms with Gasteiger partial charge in [-0.3, -0.25) is 9.59 Å². The van der Waals surface area contributed by atoms with Crippen molar-refractivity contribution in [2.75, 3.05) is 18.8 Å². The summed E-state index contributed by atoms with van der Waals surface area (Å²) in [5, 5.41) is 0.311. The highest BCUT2D eigenvalue weighted by Crippen LogP contribution is 2.23. The molecular formula is C11H14ClN3O2. The van der Waals surface area contributed by atoms with Gasteiger partial charge in [-0.15, -0.1) is 0 Å². The Labute approximate surface area is 104 Å². The van der Waals surface area contributed by atoms with Crippen LogP contribution in [0.1, 0.15) is 17.3 Å². The normalized spacial score (nSPS) is 10.0. The second-order valence-corrected chi connectivity index (χ2v) is 3.89. The summed E-state index contributed by atoms with van der Waals surface area (Å²) in [5.41, 5.74) is 11.3. The Hall–Kier alpha value is -1.75. The molecule has 0 fully saturated rings. The fourth-order valence-electron chi connectivity index (χ4n) is 1.41. The Kier molecular flexibility index (Phi) is 4.34. The number of hydrogen-bond acceptors (Lipinski definition) is 3. The van der Waals surface area contributed by atoms with Crippen LogP contribution in [-0.2, 0) is 4.79 Å². The number of carbonyl (C=O) groups excluding carboxylic acids is 2. The van der Waals surface area contributed by atoms with Crippen LogP contribution in [0.2, 0.25) is 5.02 Å². The van der Waals surface area contributed by atoms with Crippen molar-refractivity contribution in [3.63, 3.8) is 0 Å². The number of benzene rings is 1. The fraction of sp³-hybridized carbons (Fsp3) is 0.273. The standard InChI is InChI=1S/C11H14ClN3O2/c1-2-15(6-9(13)16)11(17)7-4-3-5-8(12)10(7)14/h3-5H,2,6,14H2,1H3,(H2,13,16). The van der Waals surface area contributed by atoms with E-state index in [4.69, 9.17) is 23.1 Å². The number of nitrogens with two attached hydrogens (primary N) is 2. The highest BCUT2D eigenvalue weighted by atomic mass is 35.5. The van der Waals surface area contributed by atoms with Gasteiger partial charge in [0.2, 0.25) is 5.91 Å². The predicted molar refractivity (Wildman–Crippen MR) is 66.6 cm³/mol. The molecule has 0 aliphatic carbocycles. The highest BCUT2D eigenvalue weighted by molar-refractivity contribution is 6.33. The van der Waals surface area contributed by atoms with Gasteiger partial charge in [0.1, 0.15) is 0 Å². The van der Waals surface area contributed by atoms with Gasteiger partial charge in [0, 0.05) is 6.54 Å². The first-order chi connectivity index (χ1) is 7.97. The van der Waals surface area contributed by atoms with Gasteiger partial charge in [0.05, 0.1) is 22.8 Å². The average Bonchev–Trinajstić information content (AvgIpc) is 2.28. The molecule has 17 heavy (non-hydrogen) atoms. The van der Waals surface area contributed by atoms with Crippen LogP contribution in [0.4, 0.5) is 5.69 Å². The lowest BCUT2D eigenvalue weighted by Crippen LogP contribution is -2.38. The summed E-state index contributed by atoms with van der Waals surface area (Å²) in [4.78, 5) is 24.2. The van der Waals surface area contributed by atoms with Gasteiger partial charge in [-0.2, -0.15) is 0 Å². The molecule has 1 aromatic rings. The molecule has 0 spiro atoms. The number of primary amides is 1. The Balaban J connectivity index is 3.02. The number of likely N-dealkylation sites (N-methyl/N-ethyl adjacent to an activating group) is 1. The minimum absolute atomic E-state index is 0.138. The number of halogens is 1. The van der Waals surface area contributed by atoms with Crippen molar-refractivity contribution in [1.29, 1.82) is 0 Å². The van der Waals surface area contributed by atoms with Crippen molar-refractivity contribution in [2.24, 2.45) is 5.73 Å². The molecule has 0 saturated heterocycles. The molecule has 0 bridgehead atoms. The number of carbonyl (C=O) groups is 2. The van der Waals surface area contributed by atoms with Crippen molar-refractivity contribution in [3.05, 3.63) is 28.8 Å². The first-order valence-corrected chi connectivity index (χ1v) is 5.46. The van der Waals surface area contributed by atoms with Crippen LogP contribution in [0.25, 0.3) is 0 Å². The summed E-state index contributed by atoms with van der Waals surface area (Å²) in [7, 11) is 0. The van der Waals surface area contributed by atoms with Crippen LogP contribution in [0.5, 0.6) is 0 Å². The van der Waals surface area contributed by atoms with Crippen LogP contribution >= 0.6 is 11.6 Å². The zero-order valence-corrected chi connectivity index (χ0v) is 10.2. The maximum Gasteiger partial charge on any atom is 0.256 e. The lowest BCUT2D eigenvalue weighted by Gasteiger charge is -2.20. The molecule has 0 radical (unpaired) electrons. The molecule has 0 aromatic heterocycles. The molecule has 0 atom stereocenters. The lowest BCUT2D eigenvalue weighted by molar-refractivity contribution is -0.118. The van der Waals surface area contributed by atoms with E-state index < -0.39 is 5.91 Å². The zero-order valence-electron chi connectivity index (χ0n) is 9.44.